The van der Waals surface area contributed by atoms with Crippen molar-refractivity contribution in [2.45, 2.75) is 6.54 Å². The van der Waals surface area contributed by atoms with Crippen LogP contribution in [0.1, 0.15) is 11.1 Å². The van der Waals surface area contributed by atoms with Crippen LogP contribution in [0.25, 0.3) is 0 Å². The van der Waals surface area contributed by atoms with Gasteiger partial charge < -0.3 is 17.2 Å². The van der Waals surface area contributed by atoms with Crippen molar-refractivity contribution in [1.29, 1.82) is 5.26 Å². The molecule has 0 aromatic heterocycles. The van der Waals surface area contributed by atoms with Crippen LogP contribution in [0, 0.1) is 34.6 Å². The molecular weight excluding hydrogens is 300 g/mol. The molecule has 0 aliphatic rings. The topological polar surface area (TPSA) is 102 Å². The molecule has 2 rings (SSSR count). The number of hydrogen-bond donors (Lipinski definition) is 3. The van der Waals surface area contributed by atoms with Gasteiger partial charge in [0.1, 0.15) is 29.3 Å². The van der Waals surface area contributed by atoms with Gasteiger partial charge in [-0.15, -0.1) is 0 Å². The Hall–Kier alpha value is -2.79. The third kappa shape index (κ3) is 4.10. The lowest BCUT2D eigenvalue weighted by Gasteiger charge is -2.01. The van der Waals surface area contributed by atoms with Gasteiger partial charge in [0.2, 0.25) is 0 Å². The van der Waals surface area contributed by atoms with Crippen LogP contribution in [0.5, 0.6) is 0 Å². The van der Waals surface area contributed by atoms with Gasteiger partial charge in [-0.1, -0.05) is 0 Å². The van der Waals surface area contributed by atoms with Gasteiger partial charge in [-0.2, -0.15) is 5.26 Å². The average molecular weight is 312 g/mol. The zero-order chi connectivity index (χ0) is 16.9. The number of halogens is 4. The van der Waals surface area contributed by atoms with Crippen LogP contribution < -0.4 is 17.2 Å². The lowest BCUT2D eigenvalue weighted by Crippen LogP contribution is -2.02. The fourth-order valence-electron chi connectivity index (χ4n) is 1.41. The standard InChI is InChI=1S/C7H8F2N2.C7H4F2N2/c2*8-5-2-7(11)6(9)1-4(5)3-10/h1-2H,3,10-11H2;1-2H,11H2. The summed E-state index contributed by atoms with van der Waals surface area (Å²) in [5.74, 6) is -2.77. The molecule has 0 heterocycles. The van der Waals surface area contributed by atoms with Crippen molar-refractivity contribution in [2.75, 3.05) is 11.5 Å². The smallest absolute Gasteiger partial charge is 0.147 e. The molecule has 4 nitrogen and oxygen atoms in total. The first kappa shape index (κ1) is 17.3. The molecule has 0 spiro atoms. The van der Waals surface area contributed by atoms with E-state index >= 15 is 0 Å². The molecule has 0 aliphatic heterocycles. The van der Waals surface area contributed by atoms with Gasteiger partial charge in [0.05, 0.1) is 16.9 Å². The summed E-state index contributed by atoms with van der Waals surface area (Å²) in [4.78, 5) is 0. The van der Waals surface area contributed by atoms with Crippen LogP contribution in [0.2, 0.25) is 0 Å². The Morgan fingerprint density at radius 1 is 0.818 bits per heavy atom. The lowest BCUT2D eigenvalue weighted by atomic mass is 10.2. The lowest BCUT2D eigenvalue weighted by molar-refractivity contribution is 0.589. The van der Waals surface area contributed by atoms with Crippen molar-refractivity contribution >= 4 is 11.4 Å². The molecule has 6 N–H and O–H groups in total. The van der Waals surface area contributed by atoms with E-state index in [4.69, 9.17) is 22.5 Å². The second kappa shape index (κ2) is 7.28. The number of nitrogens with two attached hydrogens (primary N) is 3. The molecule has 0 saturated heterocycles. The quantitative estimate of drug-likeness (QED) is 0.556. The third-order valence-corrected chi connectivity index (χ3v) is 2.59. The van der Waals surface area contributed by atoms with Crippen LogP contribution in [0.15, 0.2) is 24.3 Å². The summed E-state index contributed by atoms with van der Waals surface area (Å²) in [6.45, 7) is -0.0248. The van der Waals surface area contributed by atoms with Crippen LogP contribution in [0.3, 0.4) is 0 Å². The average Bonchev–Trinajstić information content (AvgIpc) is 2.47. The Bertz CT molecular complexity index is 717. The van der Waals surface area contributed by atoms with E-state index in [9.17, 15) is 17.6 Å². The number of benzene rings is 2. The number of anilines is 2. The minimum atomic E-state index is -0.800. The highest BCUT2D eigenvalue weighted by molar-refractivity contribution is 5.45. The van der Waals surface area contributed by atoms with Gasteiger partial charge >= 0.3 is 0 Å². The van der Waals surface area contributed by atoms with Gasteiger partial charge in [0, 0.05) is 24.2 Å². The minimum absolute atomic E-state index is 0.0248. The molecule has 2 aromatic rings. The largest absolute Gasteiger partial charge is 0.396 e. The van der Waals surface area contributed by atoms with Crippen molar-refractivity contribution in [3.63, 3.8) is 0 Å². The monoisotopic (exact) mass is 312 g/mol. The second-order valence-corrected chi connectivity index (χ2v) is 4.13. The van der Waals surface area contributed by atoms with E-state index in [-0.39, 0.29) is 29.0 Å². The van der Waals surface area contributed by atoms with Gasteiger partial charge in [0.25, 0.3) is 0 Å². The van der Waals surface area contributed by atoms with Crippen molar-refractivity contribution in [3.8, 4) is 6.07 Å². The molecule has 0 saturated carbocycles. The molecule has 116 valence electrons. The van der Waals surface area contributed by atoms with Gasteiger partial charge in [0.15, 0.2) is 0 Å². The molecule has 0 amide bonds. The molecule has 0 atom stereocenters. The SMILES string of the molecule is N#Cc1cc(F)c(N)cc1F.NCc1cc(F)c(N)cc1F. The number of nitrogens with zero attached hydrogens (tertiary/aromatic N) is 1. The summed E-state index contributed by atoms with van der Waals surface area (Å²) in [7, 11) is 0. The summed E-state index contributed by atoms with van der Waals surface area (Å²) in [5, 5.41) is 8.24. The summed E-state index contributed by atoms with van der Waals surface area (Å²) in [6, 6.07) is 4.98. The zero-order valence-corrected chi connectivity index (χ0v) is 11.2. The van der Waals surface area contributed by atoms with E-state index in [0.717, 1.165) is 24.3 Å². The summed E-state index contributed by atoms with van der Waals surface area (Å²) >= 11 is 0. The van der Waals surface area contributed by atoms with Crippen LogP contribution in [-0.2, 0) is 6.54 Å². The second-order valence-electron chi connectivity index (χ2n) is 4.13. The maximum Gasteiger partial charge on any atom is 0.147 e. The first-order chi connectivity index (χ1) is 10.3. The van der Waals surface area contributed by atoms with Gasteiger partial charge in [-0.3, -0.25) is 0 Å². The molecule has 0 aliphatic carbocycles. The Kier molecular flexibility index (Phi) is 5.72. The Labute approximate surface area is 123 Å². The van der Waals surface area contributed by atoms with Crippen molar-refractivity contribution < 1.29 is 17.6 Å². The van der Waals surface area contributed by atoms with E-state index in [1.165, 1.54) is 6.07 Å². The first-order valence-electron chi connectivity index (χ1n) is 5.88. The molecule has 0 radical (unpaired) electrons. The fourth-order valence-corrected chi connectivity index (χ4v) is 1.41. The highest BCUT2D eigenvalue weighted by atomic mass is 19.1. The molecule has 0 unspecified atom stereocenters. The number of nitrogen functional groups attached to an aromatic ring is 2. The highest BCUT2D eigenvalue weighted by Crippen LogP contribution is 2.16. The minimum Gasteiger partial charge on any atom is -0.396 e. The first-order valence-corrected chi connectivity index (χ1v) is 5.88. The van der Waals surface area contributed by atoms with Crippen molar-refractivity contribution in [3.05, 3.63) is 58.7 Å². The van der Waals surface area contributed by atoms with Crippen molar-refractivity contribution in [1.82, 2.24) is 0 Å². The normalized spacial score (nSPS) is 9.64. The number of nitriles is 1. The van der Waals surface area contributed by atoms with Crippen LogP contribution in [-0.4, -0.2) is 0 Å². The molecule has 0 bridgehead atoms. The fraction of sp³-hybridized carbons (Fsp3) is 0.0714. The summed E-state index contributed by atoms with van der Waals surface area (Å²) in [5.41, 5.74) is 14.5. The molecular formula is C14H12F4N4. The van der Waals surface area contributed by atoms with Gasteiger partial charge in [-0.05, 0) is 12.1 Å². The van der Waals surface area contributed by atoms with Crippen LogP contribution in [0.4, 0.5) is 28.9 Å². The number of hydrogen-bond acceptors (Lipinski definition) is 4. The molecule has 8 heteroatoms. The maximum absolute atomic E-state index is 12.7. The van der Waals surface area contributed by atoms with E-state index in [1.807, 2.05) is 0 Å². The van der Waals surface area contributed by atoms with E-state index in [1.54, 1.807) is 0 Å². The molecule has 0 fully saturated rings. The third-order valence-electron chi connectivity index (χ3n) is 2.59. The Morgan fingerprint density at radius 3 is 1.82 bits per heavy atom. The summed E-state index contributed by atoms with van der Waals surface area (Å²) in [6.07, 6.45) is 0. The molecule has 2 aromatic carbocycles. The predicted molar refractivity (Wildman–Crippen MR) is 74.1 cm³/mol. The maximum atomic E-state index is 12.7. The Morgan fingerprint density at radius 2 is 1.32 bits per heavy atom. The van der Waals surface area contributed by atoms with Gasteiger partial charge in [-0.25, -0.2) is 17.6 Å². The Balaban J connectivity index is 0.000000220. The zero-order valence-electron chi connectivity index (χ0n) is 11.2. The number of rotatable bonds is 1. The molecule has 22 heavy (non-hydrogen) atoms. The van der Waals surface area contributed by atoms with Crippen LogP contribution >= 0.6 is 0 Å². The predicted octanol–water partition coefficient (Wildman–Crippen LogP) is 2.42. The highest BCUT2D eigenvalue weighted by Gasteiger charge is 2.06. The van der Waals surface area contributed by atoms with Crippen molar-refractivity contribution in [2.24, 2.45) is 5.73 Å². The van der Waals surface area contributed by atoms with E-state index < -0.39 is 23.3 Å². The van der Waals surface area contributed by atoms with E-state index in [2.05, 4.69) is 0 Å². The summed E-state index contributed by atoms with van der Waals surface area (Å²) < 4.78 is 50.4. The van der Waals surface area contributed by atoms with E-state index in [0.29, 0.717) is 0 Å².